The SMILES string of the molecule is CC1(C)c2ccccc2-c2ccc(N(c3ccc4oc5cc6ncccc6nc5c4c3)c3ccc(-c4ccccc4)c4c3sc3cc5cccnc5cc34)cc21. The zero-order chi connectivity index (χ0) is 37.1. The monoisotopic (exact) mass is 736 g/mol. The van der Waals surface area contributed by atoms with Crippen LogP contribution in [0.5, 0.6) is 0 Å². The van der Waals surface area contributed by atoms with Crippen LogP contribution in [0.25, 0.3) is 86.4 Å². The minimum Gasteiger partial charge on any atom is -0.454 e. The summed E-state index contributed by atoms with van der Waals surface area (Å²) in [6.07, 6.45) is 3.67. The maximum atomic E-state index is 6.42. The van der Waals surface area contributed by atoms with Crippen molar-refractivity contribution in [3.63, 3.8) is 0 Å². The number of anilines is 3. The van der Waals surface area contributed by atoms with Crippen LogP contribution in [-0.4, -0.2) is 15.0 Å². The van der Waals surface area contributed by atoms with Gasteiger partial charge in [-0.25, -0.2) is 4.98 Å². The van der Waals surface area contributed by atoms with Crippen molar-refractivity contribution >= 4 is 92.6 Å². The molecule has 12 rings (SSSR count). The van der Waals surface area contributed by atoms with Gasteiger partial charge in [-0.1, -0.05) is 86.6 Å². The van der Waals surface area contributed by atoms with Crippen LogP contribution < -0.4 is 4.90 Å². The van der Waals surface area contributed by atoms with Crippen LogP contribution in [-0.2, 0) is 5.41 Å². The van der Waals surface area contributed by atoms with E-state index < -0.39 is 0 Å². The molecule has 0 unspecified atom stereocenters. The molecule has 0 bridgehead atoms. The van der Waals surface area contributed by atoms with E-state index in [2.05, 4.69) is 145 Å². The van der Waals surface area contributed by atoms with E-state index in [9.17, 15) is 0 Å². The van der Waals surface area contributed by atoms with Gasteiger partial charge in [0, 0.05) is 61.5 Å². The first-order valence-electron chi connectivity index (χ1n) is 18.9. The fraction of sp³-hybridized carbons (Fsp3) is 0.0600. The van der Waals surface area contributed by atoms with Gasteiger partial charge in [-0.3, -0.25) is 9.97 Å². The quantitative estimate of drug-likeness (QED) is 0.180. The lowest BCUT2D eigenvalue weighted by molar-refractivity contribution is 0.660. The Morgan fingerprint density at radius 2 is 1.34 bits per heavy atom. The Bertz CT molecular complexity index is 3420. The first-order chi connectivity index (χ1) is 27.5. The van der Waals surface area contributed by atoms with Gasteiger partial charge < -0.3 is 9.32 Å². The van der Waals surface area contributed by atoms with E-state index in [1.807, 2.05) is 41.8 Å². The van der Waals surface area contributed by atoms with E-state index in [4.69, 9.17) is 14.4 Å². The molecule has 0 radical (unpaired) electrons. The van der Waals surface area contributed by atoms with E-state index >= 15 is 0 Å². The lowest BCUT2D eigenvalue weighted by atomic mass is 9.82. The van der Waals surface area contributed by atoms with Crippen LogP contribution in [0, 0.1) is 0 Å². The highest BCUT2D eigenvalue weighted by Gasteiger charge is 2.36. The average Bonchev–Trinajstić information content (AvgIpc) is 3.86. The number of hydrogen-bond donors (Lipinski definition) is 0. The number of hydrogen-bond acceptors (Lipinski definition) is 6. The highest BCUT2D eigenvalue weighted by Crippen LogP contribution is 2.53. The smallest absolute Gasteiger partial charge is 0.156 e. The molecule has 0 spiro atoms. The molecule has 11 aromatic rings. The molecule has 0 saturated carbocycles. The minimum atomic E-state index is -0.158. The van der Waals surface area contributed by atoms with Crippen LogP contribution >= 0.6 is 11.3 Å². The Balaban J connectivity index is 1.16. The van der Waals surface area contributed by atoms with Crippen LogP contribution in [0.2, 0.25) is 0 Å². The highest BCUT2D eigenvalue weighted by molar-refractivity contribution is 7.26. The van der Waals surface area contributed by atoms with Gasteiger partial charge in [0.2, 0.25) is 0 Å². The first-order valence-corrected chi connectivity index (χ1v) is 19.7. The van der Waals surface area contributed by atoms with Gasteiger partial charge in [-0.15, -0.1) is 11.3 Å². The van der Waals surface area contributed by atoms with Crippen LogP contribution in [0.3, 0.4) is 0 Å². The van der Waals surface area contributed by atoms with Crippen molar-refractivity contribution in [2.45, 2.75) is 19.3 Å². The lowest BCUT2D eigenvalue weighted by Gasteiger charge is -2.29. The molecule has 264 valence electrons. The van der Waals surface area contributed by atoms with Crippen molar-refractivity contribution in [2.75, 3.05) is 4.90 Å². The molecule has 5 heterocycles. The molecular weight excluding hydrogens is 705 g/mol. The summed E-state index contributed by atoms with van der Waals surface area (Å²) in [7, 11) is 0. The maximum absolute atomic E-state index is 6.42. The summed E-state index contributed by atoms with van der Waals surface area (Å²) < 4.78 is 8.87. The van der Waals surface area contributed by atoms with E-state index in [-0.39, 0.29) is 5.41 Å². The number of aromatic nitrogens is 3. The predicted octanol–water partition coefficient (Wildman–Crippen LogP) is 13.9. The van der Waals surface area contributed by atoms with Gasteiger partial charge >= 0.3 is 0 Å². The number of rotatable bonds is 4. The summed E-state index contributed by atoms with van der Waals surface area (Å²) >= 11 is 1.85. The molecule has 1 aliphatic carbocycles. The van der Waals surface area contributed by atoms with E-state index in [0.717, 1.165) is 61.1 Å². The summed E-state index contributed by atoms with van der Waals surface area (Å²) in [5, 5.41) is 4.55. The maximum Gasteiger partial charge on any atom is 0.156 e. The molecule has 0 aliphatic heterocycles. The van der Waals surface area contributed by atoms with Gasteiger partial charge in [0.05, 0.1) is 26.9 Å². The van der Waals surface area contributed by atoms with Crippen molar-refractivity contribution in [1.82, 2.24) is 15.0 Å². The zero-order valence-electron chi connectivity index (χ0n) is 30.6. The van der Waals surface area contributed by atoms with Crippen molar-refractivity contribution in [3.05, 3.63) is 169 Å². The second kappa shape index (κ2) is 11.6. The van der Waals surface area contributed by atoms with E-state index in [0.29, 0.717) is 0 Å². The molecule has 0 amide bonds. The summed E-state index contributed by atoms with van der Waals surface area (Å²) in [5.41, 5.74) is 15.8. The van der Waals surface area contributed by atoms with Gasteiger partial charge in [0.25, 0.3) is 0 Å². The van der Waals surface area contributed by atoms with Crippen LogP contribution in [0.1, 0.15) is 25.0 Å². The van der Waals surface area contributed by atoms with E-state index in [1.54, 1.807) is 6.20 Å². The summed E-state index contributed by atoms with van der Waals surface area (Å²) in [6, 6.07) is 52.4. The Kier molecular flexibility index (Phi) is 6.49. The third-order valence-electron chi connectivity index (χ3n) is 11.7. The van der Waals surface area contributed by atoms with Crippen LogP contribution in [0.4, 0.5) is 17.1 Å². The second-order valence-corrected chi connectivity index (χ2v) is 16.3. The predicted molar refractivity (Wildman–Crippen MR) is 233 cm³/mol. The average molecular weight is 737 g/mol. The Morgan fingerprint density at radius 3 is 2.25 bits per heavy atom. The number of thiophene rings is 1. The fourth-order valence-electron chi connectivity index (χ4n) is 9.03. The zero-order valence-corrected chi connectivity index (χ0v) is 31.4. The summed E-state index contributed by atoms with van der Waals surface area (Å²) in [5.74, 6) is 0. The second-order valence-electron chi connectivity index (χ2n) is 15.2. The Labute approximate surface area is 326 Å². The molecule has 0 N–H and O–H groups in total. The van der Waals surface area contributed by atoms with Crippen molar-refractivity contribution < 1.29 is 4.42 Å². The van der Waals surface area contributed by atoms with Crippen LogP contribution in [0.15, 0.2) is 162 Å². The lowest BCUT2D eigenvalue weighted by Crippen LogP contribution is -2.16. The molecule has 1 aliphatic rings. The third kappa shape index (κ3) is 4.50. The largest absolute Gasteiger partial charge is 0.454 e. The molecule has 5 aromatic heterocycles. The standard InChI is InChI=1S/C50H32N4OS/c1-50(2)38-14-7-6-13-34(38)35-18-16-32(26-39(35)50)54(31-17-21-44-36(25-31)48-45(55-44)28-42-40(53-48)15-9-23-52-42)43-20-19-33(29-10-4-3-5-11-29)47-37-27-41-30(12-8-22-51-41)24-46(37)56-49(43)47/h3-28H,1-2H3. The van der Waals surface area contributed by atoms with Gasteiger partial charge in [0.15, 0.2) is 5.58 Å². The molecule has 0 fully saturated rings. The topological polar surface area (TPSA) is 55.1 Å². The molecule has 6 aromatic carbocycles. The highest BCUT2D eigenvalue weighted by atomic mass is 32.1. The van der Waals surface area contributed by atoms with Crippen molar-refractivity contribution in [1.29, 1.82) is 0 Å². The number of nitrogens with zero attached hydrogens (tertiary/aromatic N) is 4. The van der Waals surface area contributed by atoms with Crippen molar-refractivity contribution in [3.8, 4) is 22.3 Å². The minimum absolute atomic E-state index is 0.158. The number of pyridine rings is 3. The van der Waals surface area contributed by atoms with Gasteiger partial charge in [-0.2, -0.15) is 0 Å². The third-order valence-corrected chi connectivity index (χ3v) is 12.9. The molecular formula is C50H32N4OS. The van der Waals surface area contributed by atoms with E-state index in [1.165, 1.54) is 53.6 Å². The Hall–Kier alpha value is -6.89. The van der Waals surface area contributed by atoms with Gasteiger partial charge in [0.1, 0.15) is 11.1 Å². The molecule has 5 nitrogen and oxygen atoms in total. The summed E-state index contributed by atoms with van der Waals surface area (Å²) in [6.45, 7) is 4.69. The molecule has 56 heavy (non-hydrogen) atoms. The molecule has 0 atom stereocenters. The first kappa shape index (κ1) is 31.5. The fourth-order valence-corrected chi connectivity index (χ4v) is 10.3. The van der Waals surface area contributed by atoms with Gasteiger partial charge in [-0.05, 0) is 100 Å². The number of furan rings is 1. The number of fused-ring (bicyclic) bond motifs is 11. The van der Waals surface area contributed by atoms with Crippen molar-refractivity contribution in [2.24, 2.45) is 0 Å². The summed E-state index contributed by atoms with van der Waals surface area (Å²) in [4.78, 5) is 16.8. The normalized spacial score (nSPS) is 13.3. The number of benzene rings is 6. The Morgan fingerprint density at radius 1 is 0.571 bits per heavy atom. The molecule has 0 saturated heterocycles. The molecule has 6 heteroatoms.